The summed E-state index contributed by atoms with van der Waals surface area (Å²) >= 11 is 0. The Morgan fingerprint density at radius 2 is 2.00 bits per heavy atom. The van der Waals surface area contributed by atoms with E-state index >= 15 is 0 Å². The van der Waals surface area contributed by atoms with E-state index in [0.717, 1.165) is 32.1 Å². The highest BCUT2D eigenvalue weighted by Crippen LogP contribution is 2.25. The first-order valence-corrected chi connectivity index (χ1v) is 5.58. The molecular weight excluding hydrogens is 174 g/mol. The molecule has 2 nitrogen and oxygen atoms in total. The fourth-order valence-electron chi connectivity index (χ4n) is 1.96. The Hall–Kier alpha value is -0.340. The molecule has 0 spiro atoms. The quantitative estimate of drug-likeness (QED) is 0.482. The maximum Gasteiger partial charge on any atom is 0.0823 e. The van der Waals surface area contributed by atoms with E-state index in [0.29, 0.717) is 0 Å². The van der Waals surface area contributed by atoms with Crippen molar-refractivity contribution in [3.8, 4) is 0 Å². The summed E-state index contributed by atoms with van der Waals surface area (Å²) in [6.45, 7) is 7.99. The van der Waals surface area contributed by atoms with Crippen LogP contribution in [0.2, 0.25) is 0 Å². The van der Waals surface area contributed by atoms with Crippen molar-refractivity contribution in [2.45, 2.75) is 57.6 Å². The molecule has 0 aromatic rings. The van der Waals surface area contributed by atoms with Gasteiger partial charge in [-0.25, -0.2) is 0 Å². The molecule has 0 fully saturated rings. The van der Waals surface area contributed by atoms with Gasteiger partial charge >= 0.3 is 0 Å². The summed E-state index contributed by atoms with van der Waals surface area (Å²) in [6.07, 6.45) is 7.07. The third kappa shape index (κ3) is 3.43. The Morgan fingerprint density at radius 3 is 2.36 bits per heavy atom. The van der Waals surface area contributed by atoms with Gasteiger partial charge in [0.2, 0.25) is 0 Å². The van der Waals surface area contributed by atoms with Crippen molar-refractivity contribution in [2.24, 2.45) is 5.73 Å². The molecule has 0 aromatic heterocycles. The second-order valence-electron chi connectivity index (χ2n) is 3.80. The van der Waals surface area contributed by atoms with Crippen molar-refractivity contribution in [1.82, 2.24) is 0 Å². The van der Waals surface area contributed by atoms with E-state index in [4.69, 9.17) is 10.5 Å². The summed E-state index contributed by atoms with van der Waals surface area (Å²) in [6, 6.07) is 0.141. The molecule has 0 heterocycles. The Kier molecular flexibility index (Phi) is 6.85. The van der Waals surface area contributed by atoms with Crippen LogP contribution in [0.1, 0.15) is 46.0 Å². The van der Waals surface area contributed by atoms with E-state index in [1.807, 2.05) is 6.08 Å². The second-order valence-corrected chi connectivity index (χ2v) is 3.80. The molecule has 0 aliphatic heterocycles. The zero-order valence-electron chi connectivity index (χ0n) is 9.88. The van der Waals surface area contributed by atoms with Crippen LogP contribution >= 0.6 is 0 Å². The number of allylic oxidation sites excluding steroid dienone is 1. The van der Waals surface area contributed by atoms with Crippen LogP contribution in [0.15, 0.2) is 12.7 Å². The van der Waals surface area contributed by atoms with Gasteiger partial charge in [0.1, 0.15) is 0 Å². The molecule has 0 aliphatic rings. The Bertz CT molecular complexity index is 144. The molecule has 0 rings (SSSR count). The fourth-order valence-corrected chi connectivity index (χ4v) is 1.96. The molecule has 0 radical (unpaired) electrons. The predicted octanol–water partition coefficient (Wildman–Crippen LogP) is 2.88. The van der Waals surface area contributed by atoms with E-state index < -0.39 is 0 Å². The van der Waals surface area contributed by atoms with Gasteiger partial charge in [0.15, 0.2) is 0 Å². The summed E-state index contributed by atoms with van der Waals surface area (Å²) in [5.74, 6) is 0. The van der Waals surface area contributed by atoms with Crippen LogP contribution in [0.5, 0.6) is 0 Å². The topological polar surface area (TPSA) is 35.2 Å². The zero-order chi connectivity index (χ0) is 11.0. The van der Waals surface area contributed by atoms with Crippen LogP contribution in [0, 0.1) is 0 Å². The first-order valence-electron chi connectivity index (χ1n) is 5.58. The summed E-state index contributed by atoms with van der Waals surface area (Å²) in [5, 5.41) is 0. The van der Waals surface area contributed by atoms with Gasteiger partial charge in [-0.1, -0.05) is 19.9 Å². The zero-order valence-corrected chi connectivity index (χ0v) is 9.88. The van der Waals surface area contributed by atoms with Crippen LogP contribution in [0.25, 0.3) is 0 Å². The monoisotopic (exact) mass is 199 g/mol. The molecule has 84 valence electrons. The average Bonchev–Trinajstić information content (AvgIpc) is 2.22. The van der Waals surface area contributed by atoms with Gasteiger partial charge in [0.25, 0.3) is 0 Å². The molecule has 2 heteroatoms. The molecule has 0 amide bonds. The van der Waals surface area contributed by atoms with Crippen molar-refractivity contribution in [3.63, 3.8) is 0 Å². The molecule has 14 heavy (non-hydrogen) atoms. The normalized spacial score (nSPS) is 14.0. The number of hydrogen-bond donors (Lipinski definition) is 1. The lowest BCUT2D eigenvalue weighted by Crippen LogP contribution is -2.48. The lowest BCUT2D eigenvalue weighted by atomic mass is 9.86. The number of unbranched alkanes of at least 4 members (excludes halogenated alkanes) is 1. The van der Waals surface area contributed by atoms with Gasteiger partial charge < -0.3 is 10.5 Å². The van der Waals surface area contributed by atoms with Crippen LogP contribution in [-0.2, 0) is 4.74 Å². The summed E-state index contributed by atoms with van der Waals surface area (Å²) in [5.41, 5.74) is 6.04. The summed E-state index contributed by atoms with van der Waals surface area (Å²) in [4.78, 5) is 0. The van der Waals surface area contributed by atoms with Crippen LogP contribution in [-0.4, -0.2) is 18.8 Å². The largest absolute Gasteiger partial charge is 0.377 e. The third-order valence-corrected chi connectivity index (χ3v) is 3.20. The Morgan fingerprint density at radius 1 is 1.43 bits per heavy atom. The minimum Gasteiger partial charge on any atom is -0.377 e. The van der Waals surface area contributed by atoms with Crippen molar-refractivity contribution in [3.05, 3.63) is 12.7 Å². The highest BCUT2D eigenvalue weighted by atomic mass is 16.5. The van der Waals surface area contributed by atoms with Crippen molar-refractivity contribution < 1.29 is 4.74 Å². The smallest absolute Gasteiger partial charge is 0.0823 e. The highest BCUT2D eigenvalue weighted by molar-refractivity contribution is 4.89. The minimum atomic E-state index is -0.124. The number of ether oxygens (including phenoxy) is 1. The van der Waals surface area contributed by atoms with Gasteiger partial charge in [-0.05, 0) is 32.1 Å². The van der Waals surface area contributed by atoms with Crippen molar-refractivity contribution >= 4 is 0 Å². The predicted molar refractivity (Wildman–Crippen MR) is 62.3 cm³/mol. The fraction of sp³-hybridized carbons (Fsp3) is 0.833. The van der Waals surface area contributed by atoms with Gasteiger partial charge in [-0.3, -0.25) is 0 Å². The first kappa shape index (κ1) is 13.7. The van der Waals surface area contributed by atoms with Gasteiger partial charge in [-0.2, -0.15) is 0 Å². The van der Waals surface area contributed by atoms with Gasteiger partial charge in [0.05, 0.1) is 5.60 Å². The number of nitrogens with two attached hydrogens (primary N) is 1. The molecule has 1 atom stereocenters. The summed E-state index contributed by atoms with van der Waals surface area (Å²) in [7, 11) is 1.76. The molecule has 1 unspecified atom stereocenters. The van der Waals surface area contributed by atoms with E-state index in [1.54, 1.807) is 7.11 Å². The third-order valence-electron chi connectivity index (χ3n) is 3.20. The van der Waals surface area contributed by atoms with Gasteiger partial charge in [-0.15, -0.1) is 6.58 Å². The second kappa shape index (κ2) is 7.02. The molecule has 0 aliphatic carbocycles. The minimum absolute atomic E-state index is 0.124. The Labute approximate surface area is 88.5 Å². The van der Waals surface area contributed by atoms with Gasteiger partial charge in [0, 0.05) is 13.2 Å². The van der Waals surface area contributed by atoms with E-state index in [-0.39, 0.29) is 11.6 Å². The average molecular weight is 199 g/mol. The lowest BCUT2D eigenvalue weighted by molar-refractivity contribution is -0.0397. The number of rotatable bonds is 8. The molecular formula is C12H25NO. The molecule has 0 saturated carbocycles. The highest BCUT2D eigenvalue weighted by Gasteiger charge is 2.32. The summed E-state index contributed by atoms with van der Waals surface area (Å²) < 4.78 is 5.58. The van der Waals surface area contributed by atoms with Crippen LogP contribution in [0.3, 0.4) is 0 Å². The maximum atomic E-state index is 6.17. The van der Waals surface area contributed by atoms with E-state index in [1.165, 1.54) is 0 Å². The molecule has 0 bridgehead atoms. The van der Waals surface area contributed by atoms with E-state index in [9.17, 15) is 0 Å². The van der Waals surface area contributed by atoms with Crippen molar-refractivity contribution in [1.29, 1.82) is 0 Å². The molecule has 0 aromatic carbocycles. The number of hydrogen-bond acceptors (Lipinski definition) is 2. The van der Waals surface area contributed by atoms with E-state index in [2.05, 4.69) is 20.4 Å². The number of methoxy groups -OCH3 is 1. The van der Waals surface area contributed by atoms with Crippen LogP contribution < -0.4 is 5.73 Å². The SMILES string of the molecule is C=CCCCC(N)C(CC)(CC)OC. The Balaban J connectivity index is 4.13. The molecule has 2 N–H and O–H groups in total. The first-order chi connectivity index (χ1) is 6.66. The lowest BCUT2D eigenvalue weighted by Gasteiger charge is -2.36. The maximum absolute atomic E-state index is 6.17. The van der Waals surface area contributed by atoms with Crippen LogP contribution in [0.4, 0.5) is 0 Å². The standard InChI is InChI=1S/C12H25NO/c1-5-8-9-10-11(13)12(6-2,7-3)14-4/h5,11H,1,6-10,13H2,2-4H3. The van der Waals surface area contributed by atoms with Crippen molar-refractivity contribution in [2.75, 3.05) is 7.11 Å². The molecule has 0 saturated heterocycles.